The maximum absolute atomic E-state index is 8.28. The Morgan fingerprint density at radius 1 is 0.638 bits per heavy atom. The Bertz CT molecular complexity index is 3110. The Morgan fingerprint density at radius 3 is 2.09 bits per heavy atom. The van der Waals surface area contributed by atoms with Crippen molar-refractivity contribution in [2.75, 3.05) is 17.1 Å². The fourth-order valence-corrected chi connectivity index (χ4v) is 9.27. The minimum absolute atomic E-state index is 0. The van der Waals surface area contributed by atoms with Crippen LogP contribution in [0, 0.1) is 12.1 Å². The first-order valence-corrected chi connectivity index (χ1v) is 19.4. The minimum Gasteiger partial charge on any atom is -0.319 e. The fraction of sp³-hybridized carbons (Fsp3) is 0.0962. The van der Waals surface area contributed by atoms with Crippen molar-refractivity contribution in [3.63, 3.8) is 0 Å². The third kappa shape index (κ3) is 5.27. The Kier molecular flexibility index (Phi) is 7.91. The molecule has 0 saturated heterocycles. The molecule has 9 aromatic rings. The molecule has 11 rings (SSSR count). The van der Waals surface area contributed by atoms with E-state index in [2.05, 4.69) is 163 Å². The van der Waals surface area contributed by atoms with Crippen LogP contribution in [-0.2, 0) is 26.5 Å². The molecule has 0 radical (unpaired) electrons. The van der Waals surface area contributed by atoms with Crippen LogP contribution < -0.4 is 10.1 Å². The zero-order chi connectivity index (χ0) is 40.8. The van der Waals surface area contributed by atoms with Crippen molar-refractivity contribution in [2.45, 2.75) is 25.2 Å². The van der Waals surface area contributed by atoms with Crippen LogP contribution in [0.5, 0.6) is 0 Å². The minimum atomic E-state index is -2.47. The van der Waals surface area contributed by atoms with Gasteiger partial charge in [-0.05, 0) is 80.6 Å². The summed E-state index contributed by atoms with van der Waals surface area (Å²) in [7, 11) is 0. The Morgan fingerprint density at radius 2 is 1.31 bits per heavy atom. The molecule has 2 aliphatic rings. The van der Waals surface area contributed by atoms with E-state index in [4.69, 9.17) is 9.10 Å². The Balaban J connectivity index is 0.00000445. The summed E-state index contributed by atoms with van der Waals surface area (Å²) in [5.74, 6) is 1.17. The molecule has 0 unspecified atom stereocenters. The van der Waals surface area contributed by atoms with Gasteiger partial charge in [0.15, 0.2) is 0 Å². The van der Waals surface area contributed by atoms with Gasteiger partial charge in [0.2, 0.25) is 0 Å². The molecule has 0 bridgehead atoms. The van der Waals surface area contributed by atoms with Crippen molar-refractivity contribution in [3.8, 4) is 28.1 Å². The molecule has 0 spiro atoms. The maximum Gasteiger partial charge on any atom is 0.145 e. The summed E-state index contributed by atoms with van der Waals surface area (Å²) >= 11 is 0. The van der Waals surface area contributed by atoms with Gasteiger partial charge in [-0.3, -0.25) is 0 Å². The van der Waals surface area contributed by atoms with Gasteiger partial charge in [0, 0.05) is 43.9 Å². The Hall–Kier alpha value is -6.26. The van der Waals surface area contributed by atoms with E-state index in [0.29, 0.717) is 23.0 Å². The first-order valence-electron chi connectivity index (χ1n) is 20.9. The number of aromatic nitrogens is 2. The smallest absolute Gasteiger partial charge is 0.145 e. The summed E-state index contributed by atoms with van der Waals surface area (Å²) in [4.78, 5) is 9.69. The van der Waals surface area contributed by atoms with Crippen LogP contribution in [0.25, 0.3) is 49.9 Å². The van der Waals surface area contributed by atoms with Gasteiger partial charge in [-0.1, -0.05) is 122 Å². The van der Waals surface area contributed by atoms with Crippen LogP contribution in [0.3, 0.4) is 0 Å². The van der Waals surface area contributed by atoms with E-state index in [1.165, 1.54) is 11.1 Å². The number of rotatable bonds is 6. The maximum atomic E-state index is 8.28. The third-order valence-electron chi connectivity index (χ3n) is 11.7. The summed E-state index contributed by atoms with van der Waals surface area (Å²) in [6.07, 6.45) is 1.91. The number of hydrogen-bond acceptors (Lipinski definition) is 3. The van der Waals surface area contributed by atoms with E-state index >= 15 is 0 Å². The van der Waals surface area contributed by atoms with E-state index < -0.39 is 12.4 Å². The number of benzene rings is 7. The summed E-state index contributed by atoms with van der Waals surface area (Å²) < 4.78 is 27.1. The van der Waals surface area contributed by atoms with Gasteiger partial charge in [-0.2, -0.15) is 35.3 Å². The van der Waals surface area contributed by atoms with Crippen molar-refractivity contribution >= 4 is 38.9 Å². The molecule has 58 heavy (non-hydrogen) atoms. The number of fused-ring (bicyclic) bond motifs is 7. The van der Waals surface area contributed by atoms with Crippen molar-refractivity contribution < 1.29 is 30.1 Å². The van der Waals surface area contributed by atoms with Crippen molar-refractivity contribution in [3.05, 3.63) is 210 Å². The molecule has 0 atom stereocenters. The van der Waals surface area contributed by atoms with Crippen molar-refractivity contribution in [1.29, 1.82) is 0 Å². The van der Waals surface area contributed by atoms with Gasteiger partial charge in [0.25, 0.3) is 0 Å². The Labute approximate surface area is 357 Å². The molecule has 7 aromatic carbocycles. The molecule has 0 saturated carbocycles. The monoisotopic (exact) mass is 933 g/mol. The third-order valence-corrected chi connectivity index (χ3v) is 11.7. The second-order valence-corrected chi connectivity index (χ2v) is 15.1. The van der Waals surface area contributed by atoms with Gasteiger partial charge in [0.1, 0.15) is 17.2 Å². The fourth-order valence-electron chi connectivity index (χ4n) is 9.27. The van der Waals surface area contributed by atoms with Crippen LogP contribution in [-0.4, -0.2) is 21.5 Å². The molecule has 5 nitrogen and oxygen atoms in total. The standard InChI is InChI=1S/C52H38N4O.Pt/c1-34(2)39-17-4-5-18-40(39)35-29-30-53-51(31-35)55-47-24-11-8-21-43(47)44-28-27-37(33-50(44)55)52(45-22-9-6-19-41(45)42-20-7-10-23-46(42)52)36-15-14-16-38(32-36)56-49-26-13-12-25-48(49)54(3)57-56;/h4-31,34H,1-3H3;/q-2;/p+1/i3D3;. The molecule has 1 aliphatic heterocycles. The summed E-state index contributed by atoms with van der Waals surface area (Å²) in [6, 6.07) is 64.4. The topological polar surface area (TPSA) is 37.1 Å². The van der Waals surface area contributed by atoms with Gasteiger partial charge >= 0.3 is 0 Å². The quantitative estimate of drug-likeness (QED) is 0.123. The second-order valence-electron chi connectivity index (χ2n) is 15.1. The van der Waals surface area contributed by atoms with Gasteiger partial charge in [0.05, 0.1) is 11.1 Å². The largest absolute Gasteiger partial charge is 0.319 e. The van der Waals surface area contributed by atoms with Gasteiger partial charge in [-0.15, -0.1) is 38.8 Å². The number of hydroxylamine groups is 1. The number of nitrogens with zero attached hydrogens (tertiary/aromatic N) is 4. The first-order chi connectivity index (χ1) is 29.2. The molecule has 1 aliphatic carbocycles. The SMILES string of the molecule is [2H]C([2H])([2H])N1[OH+]N(c2[c-]c(C3(c4[c-]c5c(cc4)c4ccccc4n5-c4cc(-c5ccccc5C(C)C)ccn4)c4ccccc4-c4ccccc43)ccc2)c2ccccc21.[Pt]. The van der Waals surface area contributed by atoms with Crippen LogP contribution in [0.2, 0.25) is 0 Å². The van der Waals surface area contributed by atoms with E-state index in [0.717, 1.165) is 71.6 Å². The number of para-hydroxylation sites is 3. The average molecular weight is 934 g/mol. The molecule has 0 fully saturated rings. The molecular weight excluding hydrogens is 892 g/mol. The van der Waals surface area contributed by atoms with E-state index in [1.54, 1.807) is 11.1 Å². The summed E-state index contributed by atoms with van der Waals surface area (Å²) in [5, 5.41) is 5.00. The second kappa shape index (κ2) is 14.0. The average Bonchev–Trinajstić information content (AvgIpc) is 3.94. The normalized spacial score (nSPS) is 14.8. The number of anilines is 3. The van der Waals surface area contributed by atoms with Crippen LogP contribution >= 0.6 is 0 Å². The van der Waals surface area contributed by atoms with E-state index in [1.807, 2.05) is 36.5 Å². The molecule has 0 amide bonds. The zero-order valence-corrected chi connectivity index (χ0v) is 34.1. The number of hydrogen-bond donors (Lipinski definition) is 0. The summed E-state index contributed by atoms with van der Waals surface area (Å²) in [6.45, 7) is 2.00. The van der Waals surface area contributed by atoms with E-state index in [-0.39, 0.29) is 21.1 Å². The molecule has 3 heterocycles. The van der Waals surface area contributed by atoms with Gasteiger partial charge < -0.3 is 4.57 Å². The molecule has 2 aromatic heterocycles. The molecular formula is C52H39N4OPt-. The molecule has 1 N–H and O–H groups in total. The van der Waals surface area contributed by atoms with Crippen molar-refractivity contribution in [2.24, 2.45) is 0 Å². The first kappa shape index (κ1) is 32.8. The van der Waals surface area contributed by atoms with Gasteiger partial charge in [-0.25, -0.2) is 4.98 Å². The van der Waals surface area contributed by atoms with Crippen LogP contribution in [0.4, 0.5) is 17.1 Å². The molecule has 6 heteroatoms. The predicted octanol–water partition coefficient (Wildman–Crippen LogP) is 12.4. The predicted molar refractivity (Wildman–Crippen MR) is 232 cm³/mol. The van der Waals surface area contributed by atoms with Crippen LogP contribution in [0.15, 0.2) is 170 Å². The van der Waals surface area contributed by atoms with E-state index in [9.17, 15) is 0 Å². The van der Waals surface area contributed by atoms with Crippen LogP contribution in [0.1, 0.15) is 51.7 Å². The molecule has 284 valence electrons. The summed E-state index contributed by atoms with van der Waals surface area (Å²) in [5.41, 5.74) is 12.9. The zero-order valence-electron chi connectivity index (χ0n) is 34.8. The number of pyridine rings is 1. The van der Waals surface area contributed by atoms with Crippen molar-refractivity contribution in [1.82, 2.24) is 9.55 Å².